The van der Waals surface area contributed by atoms with E-state index in [4.69, 9.17) is 0 Å². The molecule has 0 saturated carbocycles. The summed E-state index contributed by atoms with van der Waals surface area (Å²) < 4.78 is 40.2. The predicted molar refractivity (Wildman–Crippen MR) is 45.0 cm³/mol. The van der Waals surface area contributed by atoms with Gasteiger partial charge in [0.25, 0.3) is 5.82 Å². The first kappa shape index (κ1) is 8.99. The first-order chi connectivity index (χ1) is 6.63. The van der Waals surface area contributed by atoms with Gasteiger partial charge in [0.05, 0.1) is 5.39 Å². The summed E-state index contributed by atoms with van der Waals surface area (Å²) in [7, 11) is 1.35. The summed E-state index contributed by atoms with van der Waals surface area (Å²) in [5.41, 5.74) is 0.323. The maximum atomic E-state index is 13.2. The van der Waals surface area contributed by atoms with Crippen molar-refractivity contribution in [1.29, 1.82) is 0 Å². The topological polar surface area (TPSA) is 3.88 Å². The van der Waals surface area contributed by atoms with Crippen molar-refractivity contribution in [1.82, 2.24) is 0 Å². The molecule has 1 nitrogen and oxygen atoms in total. The molecule has 4 heteroatoms. The third-order valence-electron chi connectivity index (χ3n) is 2.17. The second kappa shape index (κ2) is 2.97. The van der Waals surface area contributed by atoms with Gasteiger partial charge >= 0.3 is 5.95 Å². The van der Waals surface area contributed by atoms with Crippen LogP contribution in [-0.4, -0.2) is 0 Å². The van der Waals surface area contributed by atoms with Crippen LogP contribution in [0.3, 0.4) is 0 Å². The molecule has 72 valence electrons. The van der Waals surface area contributed by atoms with Crippen LogP contribution < -0.4 is 4.57 Å². The molecule has 0 amide bonds. The van der Waals surface area contributed by atoms with Crippen molar-refractivity contribution in [2.75, 3.05) is 0 Å². The normalized spacial score (nSPS) is 10.9. The van der Waals surface area contributed by atoms with Gasteiger partial charge in [-0.3, -0.25) is 0 Å². The van der Waals surface area contributed by atoms with Crippen LogP contribution in [0, 0.1) is 17.6 Å². The minimum Gasteiger partial charge on any atom is -0.202 e. The van der Waals surface area contributed by atoms with Gasteiger partial charge < -0.3 is 0 Å². The highest BCUT2D eigenvalue weighted by atomic mass is 19.2. The number of halogens is 3. The molecule has 0 aliphatic carbocycles. The number of pyridine rings is 1. The molecule has 2 rings (SSSR count). The van der Waals surface area contributed by atoms with Crippen molar-refractivity contribution in [2.45, 2.75) is 0 Å². The molecule has 2 aromatic rings. The number of hydrogen-bond acceptors (Lipinski definition) is 0. The Morgan fingerprint density at radius 2 is 1.64 bits per heavy atom. The highest BCUT2D eigenvalue weighted by molar-refractivity contribution is 5.76. The summed E-state index contributed by atoms with van der Waals surface area (Å²) in [4.78, 5) is 0. The number of aryl methyl sites for hydroxylation is 1. The zero-order chi connectivity index (χ0) is 10.3. The summed E-state index contributed by atoms with van der Waals surface area (Å²) in [6, 6.07) is 6.15. The fourth-order valence-corrected chi connectivity index (χ4v) is 1.41. The van der Waals surface area contributed by atoms with E-state index in [-0.39, 0.29) is 5.39 Å². The van der Waals surface area contributed by atoms with Gasteiger partial charge in [-0.2, -0.15) is 8.96 Å². The highest BCUT2D eigenvalue weighted by Gasteiger charge is 2.23. The maximum Gasteiger partial charge on any atom is 0.399 e. The monoisotopic (exact) mass is 198 g/mol. The lowest BCUT2D eigenvalue weighted by Gasteiger charge is -1.99. The van der Waals surface area contributed by atoms with E-state index in [1.54, 1.807) is 12.1 Å². The van der Waals surface area contributed by atoms with Crippen molar-refractivity contribution in [3.8, 4) is 0 Å². The molecule has 1 aromatic carbocycles. The van der Waals surface area contributed by atoms with Crippen molar-refractivity contribution < 1.29 is 17.7 Å². The number of hydrogen-bond donors (Lipinski definition) is 0. The molecule has 0 bridgehead atoms. The largest absolute Gasteiger partial charge is 0.399 e. The second-order valence-corrected chi connectivity index (χ2v) is 2.99. The highest BCUT2D eigenvalue weighted by Crippen LogP contribution is 2.17. The molecular weight excluding hydrogens is 191 g/mol. The van der Waals surface area contributed by atoms with E-state index in [9.17, 15) is 13.2 Å². The van der Waals surface area contributed by atoms with E-state index in [1.807, 2.05) is 0 Å². The van der Waals surface area contributed by atoms with Gasteiger partial charge in [-0.1, -0.05) is 12.1 Å². The van der Waals surface area contributed by atoms with E-state index in [0.717, 1.165) is 4.57 Å². The molecular formula is C10H7F3N+. The second-order valence-electron chi connectivity index (χ2n) is 2.99. The Labute approximate surface area is 78.4 Å². The number of aromatic nitrogens is 1. The summed E-state index contributed by atoms with van der Waals surface area (Å²) in [5, 5.41) is 0.0777. The van der Waals surface area contributed by atoms with E-state index in [0.29, 0.717) is 5.52 Å². The Hall–Kier alpha value is -1.58. The minimum atomic E-state index is -1.44. The quantitative estimate of drug-likeness (QED) is 0.450. The molecule has 0 saturated heterocycles. The van der Waals surface area contributed by atoms with Crippen molar-refractivity contribution in [3.05, 3.63) is 41.8 Å². The Bertz CT molecular complexity index is 462. The van der Waals surface area contributed by atoms with Gasteiger partial charge in [0.15, 0.2) is 5.82 Å². The predicted octanol–water partition coefficient (Wildman–Crippen LogP) is 2.08. The van der Waals surface area contributed by atoms with Crippen LogP contribution in [0.2, 0.25) is 0 Å². The van der Waals surface area contributed by atoms with Gasteiger partial charge in [0, 0.05) is 6.07 Å². The molecule has 14 heavy (non-hydrogen) atoms. The average molecular weight is 198 g/mol. The van der Waals surface area contributed by atoms with E-state index >= 15 is 0 Å². The third-order valence-corrected chi connectivity index (χ3v) is 2.17. The zero-order valence-corrected chi connectivity index (χ0v) is 7.39. The standard InChI is InChI=1S/C10H7F3N/c1-14-7-5-3-2-4-6(7)8(11)9(12)10(14)13/h2-5H,1H3/q+1. The molecule has 1 aromatic heterocycles. The van der Waals surface area contributed by atoms with Gasteiger partial charge in [0.2, 0.25) is 5.52 Å². The van der Waals surface area contributed by atoms with E-state index < -0.39 is 17.6 Å². The molecule has 1 heterocycles. The Morgan fingerprint density at radius 3 is 2.36 bits per heavy atom. The van der Waals surface area contributed by atoms with Gasteiger partial charge in [-0.05, 0) is 6.07 Å². The third kappa shape index (κ3) is 1.07. The van der Waals surface area contributed by atoms with Crippen LogP contribution in [0.4, 0.5) is 13.2 Å². The first-order valence-corrected chi connectivity index (χ1v) is 4.04. The van der Waals surface area contributed by atoms with Crippen LogP contribution in [-0.2, 0) is 7.05 Å². The molecule has 0 spiro atoms. The maximum absolute atomic E-state index is 13.2. The molecule has 0 N–H and O–H groups in total. The van der Waals surface area contributed by atoms with Crippen molar-refractivity contribution in [2.24, 2.45) is 7.05 Å². The summed E-state index contributed by atoms with van der Waals surface area (Å²) in [5.74, 6) is -3.77. The molecule has 0 radical (unpaired) electrons. The van der Waals surface area contributed by atoms with Gasteiger partial charge in [-0.25, -0.2) is 4.39 Å². The zero-order valence-electron chi connectivity index (χ0n) is 7.39. The number of benzene rings is 1. The fourth-order valence-electron chi connectivity index (χ4n) is 1.41. The van der Waals surface area contributed by atoms with Crippen molar-refractivity contribution >= 4 is 10.9 Å². The Balaban J connectivity index is 3.02. The summed E-state index contributed by atoms with van der Waals surface area (Å²) in [6.45, 7) is 0. The van der Waals surface area contributed by atoms with Gasteiger partial charge in [0.1, 0.15) is 7.05 Å². The van der Waals surface area contributed by atoms with E-state index in [2.05, 4.69) is 0 Å². The van der Waals surface area contributed by atoms with E-state index in [1.165, 1.54) is 19.2 Å². The lowest BCUT2D eigenvalue weighted by molar-refractivity contribution is -0.676. The van der Waals surface area contributed by atoms with Gasteiger partial charge in [-0.15, -0.1) is 4.39 Å². The summed E-state index contributed by atoms with van der Waals surface area (Å²) in [6.07, 6.45) is 0. The average Bonchev–Trinajstić information content (AvgIpc) is 2.23. The number of para-hydroxylation sites is 1. The Morgan fingerprint density at radius 1 is 1.00 bits per heavy atom. The molecule has 0 aliphatic rings. The molecule has 0 unspecified atom stereocenters. The summed E-state index contributed by atoms with van der Waals surface area (Å²) >= 11 is 0. The van der Waals surface area contributed by atoms with Crippen LogP contribution in [0.15, 0.2) is 24.3 Å². The lowest BCUT2D eigenvalue weighted by atomic mass is 10.2. The van der Waals surface area contributed by atoms with Crippen LogP contribution in [0.5, 0.6) is 0 Å². The molecule has 0 aliphatic heterocycles. The number of nitrogens with zero attached hydrogens (tertiary/aromatic N) is 1. The number of rotatable bonds is 0. The molecule has 0 fully saturated rings. The SMILES string of the molecule is C[n+]1c(F)c(F)c(F)c2ccccc21. The first-order valence-electron chi connectivity index (χ1n) is 4.04. The Kier molecular flexibility index (Phi) is 1.91. The molecule has 0 atom stereocenters. The number of fused-ring (bicyclic) bond motifs is 1. The van der Waals surface area contributed by atoms with Crippen LogP contribution >= 0.6 is 0 Å². The fraction of sp³-hybridized carbons (Fsp3) is 0.100. The minimum absolute atomic E-state index is 0.0777. The lowest BCUT2D eigenvalue weighted by Crippen LogP contribution is -2.36. The van der Waals surface area contributed by atoms with Crippen LogP contribution in [0.25, 0.3) is 10.9 Å². The smallest absolute Gasteiger partial charge is 0.202 e. The van der Waals surface area contributed by atoms with Crippen LogP contribution in [0.1, 0.15) is 0 Å². The van der Waals surface area contributed by atoms with Crippen molar-refractivity contribution in [3.63, 3.8) is 0 Å².